The van der Waals surface area contributed by atoms with Crippen molar-refractivity contribution in [3.63, 3.8) is 0 Å². The molecule has 0 aliphatic carbocycles. The Labute approximate surface area is 136 Å². The van der Waals surface area contributed by atoms with Crippen LogP contribution >= 0.6 is 11.6 Å². The minimum Gasteiger partial charge on any atom is -0.496 e. The van der Waals surface area contributed by atoms with Gasteiger partial charge in [0.1, 0.15) is 5.75 Å². The second-order valence-electron chi connectivity index (χ2n) is 5.17. The zero-order chi connectivity index (χ0) is 16.3. The van der Waals surface area contributed by atoms with Crippen molar-refractivity contribution in [3.05, 3.63) is 53.1 Å². The monoisotopic (exact) mass is 339 g/mol. The fourth-order valence-corrected chi connectivity index (χ4v) is 3.37. The third-order valence-electron chi connectivity index (χ3n) is 3.21. The van der Waals surface area contributed by atoms with Crippen LogP contribution in [0.4, 0.5) is 5.69 Å². The van der Waals surface area contributed by atoms with Gasteiger partial charge in [-0.1, -0.05) is 31.5 Å². The molecule has 0 aromatic heterocycles. The van der Waals surface area contributed by atoms with Gasteiger partial charge in [-0.2, -0.15) is 0 Å². The maximum atomic E-state index is 12.5. The summed E-state index contributed by atoms with van der Waals surface area (Å²) in [6.07, 6.45) is 0. The predicted octanol–water partition coefficient (Wildman–Crippen LogP) is 4.27. The molecule has 22 heavy (non-hydrogen) atoms. The first-order valence-electron chi connectivity index (χ1n) is 6.80. The lowest BCUT2D eigenvalue weighted by molar-refractivity contribution is 0.407. The number of sulfonamides is 1. The van der Waals surface area contributed by atoms with Gasteiger partial charge in [-0.15, -0.1) is 0 Å². The molecule has 1 N–H and O–H groups in total. The van der Waals surface area contributed by atoms with Gasteiger partial charge in [0.25, 0.3) is 10.0 Å². The van der Waals surface area contributed by atoms with Gasteiger partial charge in [-0.3, -0.25) is 4.72 Å². The average Bonchev–Trinajstić information content (AvgIpc) is 2.46. The summed E-state index contributed by atoms with van der Waals surface area (Å²) in [5.41, 5.74) is 1.27. The number of rotatable bonds is 5. The van der Waals surface area contributed by atoms with Crippen LogP contribution in [0.1, 0.15) is 25.3 Å². The second-order valence-corrected chi connectivity index (χ2v) is 7.29. The lowest BCUT2D eigenvalue weighted by atomic mass is 10.0. The smallest absolute Gasteiger partial charge is 0.261 e. The Morgan fingerprint density at radius 2 is 1.86 bits per heavy atom. The molecule has 0 radical (unpaired) electrons. The number of ether oxygens (including phenoxy) is 1. The highest BCUT2D eigenvalue weighted by atomic mass is 35.5. The number of nitrogens with one attached hydrogen (secondary N) is 1. The van der Waals surface area contributed by atoms with E-state index < -0.39 is 10.0 Å². The van der Waals surface area contributed by atoms with Crippen molar-refractivity contribution in [1.82, 2.24) is 0 Å². The van der Waals surface area contributed by atoms with Crippen LogP contribution in [0.25, 0.3) is 0 Å². The van der Waals surface area contributed by atoms with Crippen LogP contribution in [-0.4, -0.2) is 15.5 Å². The molecule has 0 heterocycles. The lowest BCUT2D eigenvalue weighted by Gasteiger charge is -2.14. The van der Waals surface area contributed by atoms with E-state index >= 15 is 0 Å². The van der Waals surface area contributed by atoms with E-state index in [0.717, 1.165) is 5.56 Å². The largest absolute Gasteiger partial charge is 0.496 e. The van der Waals surface area contributed by atoms with E-state index in [9.17, 15) is 8.42 Å². The van der Waals surface area contributed by atoms with Crippen LogP contribution in [0, 0.1) is 0 Å². The zero-order valence-corrected chi connectivity index (χ0v) is 14.2. The summed E-state index contributed by atoms with van der Waals surface area (Å²) in [6.45, 7) is 3.97. The average molecular weight is 340 g/mol. The van der Waals surface area contributed by atoms with Crippen molar-refractivity contribution >= 4 is 27.3 Å². The minimum absolute atomic E-state index is 0.149. The van der Waals surface area contributed by atoms with Crippen molar-refractivity contribution in [1.29, 1.82) is 0 Å². The molecule has 0 atom stereocenters. The van der Waals surface area contributed by atoms with E-state index in [0.29, 0.717) is 16.5 Å². The van der Waals surface area contributed by atoms with Gasteiger partial charge in [0.2, 0.25) is 0 Å². The third-order valence-corrected chi connectivity index (χ3v) is 4.82. The molecule has 2 aromatic carbocycles. The van der Waals surface area contributed by atoms with E-state index in [1.165, 1.54) is 6.07 Å². The van der Waals surface area contributed by atoms with Gasteiger partial charge in [0, 0.05) is 5.02 Å². The zero-order valence-electron chi connectivity index (χ0n) is 12.6. The Balaban J connectivity index is 2.39. The topological polar surface area (TPSA) is 55.4 Å². The molecule has 118 valence electrons. The van der Waals surface area contributed by atoms with E-state index in [4.69, 9.17) is 16.3 Å². The molecule has 0 fully saturated rings. The highest BCUT2D eigenvalue weighted by Gasteiger charge is 2.18. The molecular formula is C16H18ClNO3S. The summed E-state index contributed by atoms with van der Waals surface area (Å²) in [6, 6.07) is 11.4. The normalized spacial score (nSPS) is 11.5. The van der Waals surface area contributed by atoms with E-state index in [1.54, 1.807) is 43.5 Å². The summed E-state index contributed by atoms with van der Waals surface area (Å²) < 4.78 is 32.8. The van der Waals surface area contributed by atoms with Gasteiger partial charge in [-0.05, 0) is 47.9 Å². The van der Waals surface area contributed by atoms with Crippen molar-refractivity contribution in [2.75, 3.05) is 11.8 Å². The van der Waals surface area contributed by atoms with Gasteiger partial charge >= 0.3 is 0 Å². The molecule has 0 aliphatic rings. The number of hydrogen-bond acceptors (Lipinski definition) is 3. The number of anilines is 1. The van der Waals surface area contributed by atoms with Crippen LogP contribution in [-0.2, 0) is 10.0 Å². The minimum atomic E-state index is -3.68. The first-order valence-corrected chi connectivity index (χ1v) is 8.66. The molecule has 0 amide bonds. The fourth-order valence-electron chi connectivity index (χ4n) is 2.10. The van der Waals surface area contributed by atoms with E-state index in [2.05, 4.69) is 4.72 Å². The van der Waals surface area contributed by atoms with Crippen LogP contribution in [0.15, 0.2) is 47.4 Å². The maximum Gasteiger partial charge on any atom is 0.261 e. The number of hydrogen-bond donors (Lipinski definition) is 1. The van der Waals surface area contributed by atoms with Crippen LogP contribution < -0.4 is 9.46 Å². The highest BCUT2D eigenvalue weighted by Crippen LogP contribution is 2.29. The summed E-state index contributed by atoms with van der Waals surface area (Å²) in [4.78, 5) is 0.192. The van der Waals surface area contributed by atoms with E-state index in [-0.39, 0.29) is 10.8 Å². The Morgan fingerprint density at radius 3 is 2.45 bits per heavy atom. The van der Waals surface area contributed by atoms with Crippen LogP contribution in [0.5, 0.6) is 5.75 Å². The summed E-state index contributed by atoms with van der Waals surface area (Å²) in [5, 5.41) is 0.470. The standard InChI is InChI=1S/C16H18ClNO3S/c1-11(2)15-10-14(7-8-16(15)21-3)22(19,20)18-13-6-4-5-12(17)9-13/h4-11,18H,1-3H3. The highest BCUT2D eigenvalue weighted by molar-refractivity contribution is 7.92. The SMILES string of the molecule is COc1ccc(S(=O)(=O)Nc2cccc(Cl)c2)cc1C(C)C. The molecule has 0 spiro atoms. The molecule has 0 saturated heterocycles. The summed E-state index contributed by atoms with van der Waals surface area (Å²) in [7, 11) is -2.11. The lowest BCUT2D eigenvalue weighted by Crippen LogP contribution is -2.13. The van der Waals surface area contributed by atoms with Gasteiger partial charge in [0.05, 0.1) is 17.7 Å². The van der Waals surface area contributed by atoms with Crippen molar-refractivity contribution in [3.8, 4) is 5.75 Å². The molecule has 0 saturated carbocycles. The van der Waals surface area contributed by atoms with Crippen LogP contribution in [0.3, 0.4) is 0 Å². The maximum absolute atomic E-state index is 12.5. The number of methoxy groups -OCH3 is 1. The van der Waals surface area contributed by atoms with Crippen molar-refractivity contribution in [2.45, 2.75) is 24.7 Å². The van der Waals surface area contributed by atoms with Crippen LogP contribution in [0.2, 0.25) is 5.02 Å². The number of halogens is 1. The molecule has 4 nitrogen and oxygen atoms in total. The summed E-state index contributed by atoms with van der Waals surface area (Å²) >= 11 is 5.87. The molecular weight excluding hydrogens is 322 g/mol. The molecule has 2 rings (SSSR count). The first kappa shape index (κ1) is 16.6. The van der Waals surface area contributed by atoms with Crippen molar-refractivity contribution in [2.24, 2.45) is 0 Å². The van der Waals surface area contributed by atoms with Crippen molar-refractivity contribution < 1.29 is 13.2 Å². The Morgan fingerprint density at radius 1 is 1.14 bits per heavy atom. The molecule has 2 aromatic rings. The number of benzene rings is 2. The Bertz CT molecular complexity index is 773. The fraction of sp³-hybridized carbons (Fsp3) is 0.250. The third kappa shape index (κ3) is 3.72. The Kier molecular flexibility index (Phi) is 4.98. The molecule has 6 heteroatoms. The Hall–Kier alpha value is -1.72. The quantitative estimate of drug-likeness (QED) is 0.884. The molecule has 0 aliphatic heterocycles. The van der Waals surface area contributed by atoms with Gasteiger partial charge in [-0.25, -0.2) is 8.42 Å². The summed E-state index contributed by atoms with van der Waals surface area (Å²) in [5.74, 6) is 0.827. The van der Waals surface area contributed by atoms with Gasteiger partial charge < -0.3 is 4.74 Å². The van der Waals surface area contributed by atoms with E-state index in [1.807, 2.05) is 13.8 Å². The molecule has 0 bridgehead atoms. The predicted molar refractivity (Wildman–Crippen MR) is 89.3 cm³/mol. The second kappa shape index (κ2) is 6.58. The van der Waals surface area contributed by atoms with Gasteiger partial charge in [0.15, 0.2) is 0 Å². The molecule has 0 unspecified atom stereocenters. The first-order chi connectivity index (χ1) is 10.3.